The number of benzene rings is 1. The summed E-state index contributed by atoms with van der Waals surface area (Å²) in [6.07, 6.45) is 1.72. The number of rotatable bonds is 3. The molecule has 2 aliphatic rings. The summed E-state index contributed by atoms with van der Waals surface area (Å²) in [4.78, 5) is 16.6. The molecule has 6 nitrogen and oxygen atoms in total. The number of hydrogen-bond acceptors (Lipinski definition) is 4. The summed E-state index contributed by atoms with van der Waals surface area (Å²) >= 11 is 6.13. The summed E-state index contributed by atoms with van der Waals surface area (Å²) < 4.78 is 27.0. The van der Waals surface area contributed by atoms with Crippen LogP contribution in [0.25, 0.3) is 0 Å². The fraction of sp³-hybridized carbons (Fsp3) is 0.562. The van der Waals surface area contributed by atoms with Crippen molar-refractivity contribution in [2.24, 2.45) is 0 Å². The standard InChI is InChI=1S/C16H22ClN3O3S/c1-18-8-10-19(11-9-18)16(21)13-4-5-14(17)15(12-13)24(22,23)20-6-2-3-7-20/h4-5,12H,2-3,6-11H2,1H3. The summed E-state index contributed by atoms with van der Waals surface area (Å²) in [6, 6.07) is 4.54. The van der Waals surface area contributed by atoms with Gasteiger partial charge in [-0.05, 0) is 38.1 Å². The Balaban J connectivity index is 1.87. The minimum Gasteiger partial charge on any atom is -0.336 e. The van der Waals surface area contributed by atoms with Gasteiger partial charge in [-0.15, -0.1) is 0 Å². The van der Waals surface area contributed by atoms with Crippen molar-refractivity contribution in [2.75, 3.05) is 46.3 Å². The molecule has 1 aromatic carbocycles. The van der Waals surface area contributed by atoms with Crippen molar-refractivity contribution in [3.05, 3.63) is 28.8 Å². The first-order chi connectivity index (χ1) is 11.4. The van der Waals surface area contributed by atoms with Crippen molar-refractivity contribution in [1.82, 2.24) is 14.1 Å². The number of amides is 1. The molecule has 0 aliphatic carbocycles. The number of hydrogen-bond donors (Lipinski definition) is 0. The van der Waals surface area contributed by atoms with E-state index in [1.165, 1.54) is 16.4 Å². The molecule has 132 valence electrons. The first-order valence-electron chi connectivity index (χ1n) is 8.17. The van der Waals surface area contributed by atoms with E-state index in [-0.39, 0.29) is 15.8 Å². The molecule has 2 heterocycles. The number of sulfonamides is 1. The first kappa shape index (κ1) is 17.7. The molecule has 0 aromatic heterocycles. The molecule has 2 fully saturated rings. The minimum absolute atomic E-state index is 0.0334. The van der Waals surface area contributed by atoms with Crippen LogP contribution in [0.1, 0.15) is 23.2 Å². The predicted octanol–water partition coefficient (Wildman–Crippen LogP) is 1.51. The maximum Gasteiger partial charge on any atom is 0.253 e. The van der Waals surface area contributed by atoms with E-state index < -0.39 is 10.0 Å². The number of likely N-dealkylation sites (N-methyl/N-ethyl adjacent to an activating group) is 1. The molecule has 0 radical (unpaired) electrons. The van der Waals surface area contributed by atoms with Gasteiger partial charge in [-0.1, -0.05) is 11.6 Å². The van der Waals surface area contributed by atoms with Crippen molar-refractivity contribution in [1.29, 1.82) is 0 Å². The van der Waals surface area contributed by atoms with Crippen LogP contribution in [0.5, 0.6) is 0 Å². The highest BCUT2D eigenvalue weighted by atomic mass is 35.5. The second kappa shape index (κ2) is 7.00. The van der Waals surface area contributed by atoms with Crippen molar-refractivity contribution >= 4 is 27.5 Å². The summed E-state index contributed by atoms with van der Waals surface area (Å²) in [5.41, 5.74) is 0.377. The molecule has 0 unspecified atom stereocenters. The van der Waals surface area contributed by atoms with E-state index in [2.05, 4.69) is 4.90 Å². The number of carbonyl (C=O) groups excluding carboxylic acids is 1. The Bertz CT molecular complexity index is 724. The number of nitrogens with zero attached hydrogens (tertiary/aromatic N) is 3. The number of carbonyl (C=O) groups is 1. The third-order valence-electron chi connectivity index (χ3n) is 4.65. The number of piperazine rings is 1. The van der Waals surface area contributed by atoms with Crippen LogP contribution >= 0.6 is 11.6 Å². The minimum atomic E-state index is -3.64. The lowest BCUT2D eigenvalue weighted by Gasteiger charge is -2.32. The first-order valence-corrected chi connectivity index (χ1v) is 9.99. The summed E-state index contributed by atoms with van der Waals surface area (Å²) in [5.74, 6) is -0.141. The third-order valence-corrected chi connectivity index (χ3v) is 7.03. The van der Waals surface area contributed by atoms with Crippen LogP contribution in [0, 0.1) is 0 Å². The van der Waals surface area contributed by atoms with E-state index in [9.17, 15) is 13.2 Å². The fourth-order valence-electron chi connectivity index (χ4n) is 3.09. The van der Waals surface area contributed by atoms with Crippen LogP contribution in [0.15, 0.2) is 23.1 Å². The maximum absolute atomic E-state index is 12.8. The molecule has 2 saturated heterocycles. The zero-order valence-corrected chi connectivity index (χ0v) is 15.3. The van der Waals surface area contributed by atoms with Gasteiger partial charge in [0.25, 0.3) is 5.91 Å². The summed E-state index contributed by atoms with van der Waals surface area (Å²) in [6.45, 7) is 3.94. The molecule has 1 aromatic rings. The molecule has 8 heteroatoms. The van der Waals surface area contributed by atoms with Gasteiger partial charge in [0.05, 0.1) is 5.02 Å². The third kappa shape index (κ3) is 3.44. The Morgan fingerprint density at radius 2 is 1.67 bits per heavy atom. The van der Waals surface area contributed by atoms with Crippen molar-refractivity contribution in [2.45, 2.75) is 17.7 Å². The molecule has 0 spiro atoms. The Hall–Kier alpha value is -1.15. The smallest absolute Gasteiger partial charge is 0.253 e. The van der Waals surface area contributed by atoms with Crippen LogP contribution in [0.2, 0.25) is 5.02 Å². The highest BCUT2D eigenvalue weighted by Crippen LogP contribution is 2.28. The van der Waals surface area contributed by atoms with Crippen LogP contribution in [0.4, 0.5) is 0 Å². The van der Waals surface area contributed by atoms with Gasteiger partial charge < -0.3 is 9.80 Å². The average Bonchev–Trinajstić information content (AvgIpc) is 3.10. The normalized spacial score (nSPS) is 20.5. The van der Waals surface area contributed by atoms with Gasteiger partial charge in [0, 0.05) is 44.8 Å². The molecule has 1 amide bonds. The quantitative estimate of drug-likeness (QED) is 0.808. The molecular weight excluding hydrogens is 350 g/mol. The lowest BCUT2D eigenvalue weighted by atomic mass is 10.2. The van der Waals surface area contributed by atoms with E-state index in [4.69, 9.17) is 11.6 Å². The van der Waals surface area contributed by atoms with Gasteiger partial charge in [-0.2, -0.15) is 4.31 Å². The van der Waals surface area contributed by atoms with Gasteiger partial charge in [0.2, 0.25) is 10.0 Å². The molecule has 0 atom stereocenters. The van der Waals surface area contributed by atoms with E-state index in [0.717, 1.165) is 25.9 Å². The fourth-order valence-corrected chi connectivity index (χ4v) is 5.11. The molecular formula is C16H22ClN3O3S. The molecule has 24 heavy (non-hydrogen) atoms. The van der Waals surface area contributed by atoms with Gasteiger partial charge in [0.1, 0.15) is 4.90 Å². The predicted molar refractivity (Wildman–Crippen MR) is 92.8 cm³/mol. The molecule has 3 rings (SSSR count). The maximum atomic E-state index is 12.8. The van der Waals surface area contributed by atoms with E-state index >= 15 is 0 Å². The zero-order valence-electron chi connectivity index (χ0n) is 13.7. The van der Waals surface area contributed by atoms with Crippen molar-refractivity contribution < 1.29 is 13.2 Å². The van der Waals surface area contributed by atoms with E-state index in [1.54, 1.807) is 11.0 Å². The highest BCUT2D eigenvalue weighted by Gasteiger charge is 2.30. The lowest BCUT2D eigenvalue weighted by Crippen LogP contribution is -2.47. The molecule has 0 N–H and O–H groups in total. The average molecular weight is 372 g/mol. The lowest BCUT2D eigenvalue weighted by molar-refractivity contribution is 0.0664. The van der Waals surface area contributed by atoms with Crippen LogP contribution in [-0.2, 0) is 10.0 Å². The second-order valence-corrected chi connectivity index (χ2v) is 8.67. The van der Waals surface area contributed by atoms with Gasteiger partial charge in [-0.25, -0.2) is 8.42 Å². The molecule has 0 bridgehead atoms. The van der Waals surface area contributed by atoms with E-state index in [0.29, 0.717) is 31.7 Å². The Kier molecular flexibility index (Phi) is 5.15. The van der Waals surface area contributed by atoms with Crippen LogP contribution < -0.4 is 0 Å². The van der Waals surface area contributed by atoms with Crippen LogP contribution in [0.3, 0.4) is 0 Å². The molecule has 0 saturated carbocycles. The summed E-state index contributed by atoms with van der Waals surface area (Å²) in [7, 11) is -1.62. The molecule has 2 aliphatic heterocycles. The van der Waals surface area contributed by atoms with Gasteiger partial charge >= 0.3 is 0 Å². The Morgan fingerprint density at radius 1 is 1.04 bits per heavy atom. The monoisotopic (exact) mass is 371 g/mol. The SMILES string of the molecule is CN1CCN(C(=O)c2ccc(Cl)c(S(=O)(=O)N3CCCC3)c2)CC1. The van der Waals surface area contributed by atoms with E-state index in [1.807, 2.05) is 7.05 Å². The largest absolute Gasteiger partial charge is 0.336 e. The Morgan fingerprint density at radius 3 is 2.29 bits per heavy atom. The van der Waals surface area contributed by atoms with Gasteiger partial charge in [0.15, 0.2) is 0 Å². The van der Waals surface area contributed by atoms with Crippen molar-refractivity contribution in [3.8, 4) is 0 Å². The van der Waals surface area contributed by atoms with Crippen LogP contribution in [-0.4, -0.2) is 74.7 Å². The topological polar surface area (TPSA) is 60.9 Å². The number of halogens is 1. The highest BCUT2D eigenvalue weighted by molar-refractivity contribution is 7.89. The Labute approximate surface area is 148 Å². The zero-order chi connectivity index (χ0) is 17.3. The van der Waals surface area contributed by atoms with Crippen molar-refractivity contribution in [3.63, 3.8) is 0 Å². The second-order valence-electron chi connectivity index (χ2n) is 6.35. The summed E-state index contributed by atoms with van der Waals surface area (Å²) in [5, 5.41) is 0.164. The van der Waals surface area contributed by atoms with Gasteiger partial charge in [-0.3, -0.25) is 4.79 Å².